The van der Waals surface area contributed by atoms with E-state index < -0.39 is 0 Å². The zero-order valence-electron chi connectivity index (χ0n) is 10.4. The molecule has 1 unspecified atom stereocenters. The summed E-state index contributed by atoms with van der Waals surface area (Å²) in [4.78, 5) is 18.2. The number of aromatic nitrogens is 1. The van der Waals surface area contributed by atoms with Gasteiger partial charge in [-0.2, -0.15) is 0 Å². The third-order valence-electron chi connectivity index (χ3n) is 3.11. The van der Waals surface area contributed by atoms with E-state index in [1.807, 2.05) is 24.3 Å². The molecule has 0 bridgehead atoms. The molecule has 90 valence electrons. The Kier molecular flexibility index (Phi) is 3.27. The standard InChI is InChI=1S/C14H18N2O/c1-4-11-8-14(17)16(9-11)13-7-5-6-12(15-13)10(2)3/h4-7,10-11H,1,8-9H2,2-3H3. The molecule has 1 aromatic heterocycles. The largest absolute Gasteiger partial charge is 0.296 e. The molecule has 0 radical (unpaired) electrons. The third kappa shape index (κ3) is 2.38. The maximum Gasteiger partial charge on any atom is 0.228 e. The van der Waals surface area contributed by atoms with Crippen molar-refractivity contribution in [3.05, 3.63) is 36.5 Å². The molecule has 1 aliphatic rings. The molecule has 0 spiro atoms. The summed E-state index contributed by atoms with van der Waals surface area (Å²) in [6.07, 6.45) is 2.40. The van der Waals surface area contributed by atoms with Crippen LogP contribution in [0.5, 0.6) is 0 Å². The SMILES string of the molecule is C=CC1CC(=O)N(c2cccc(C(C)C)n2)C1. The summed E-state index contributed by atoms with van der Waals surface area (Å²) in [5.74, 6) is 1.55. The van der Waals surface area contributed by atoms with Gasteiger partial charge >= 0.3 is 0 Å². The van der Waals surface area contributed by atoms with Crippen LogP contribution in [0.4, 0.5) is 5.82 Å². The Morgan fingerprint density at radius 3 is 2.88 bits per heavy atom. The Morgan fingerprint density at radius 2 is 2.29 bits per heavy atom. The van der Waals surface area contributed by atoms with Crippen LogP contribution in [0.25, 0.3) is 0 Å². The van der Waals surface area contributed by atoms with Gasteiger partial charge in [0, 0.05) is 24.6 Å². The van der Waals surface area contributed by atoms with Crippen molar-refractivity contribution in [2.45, 2.75) is 26.2 Å². The molecule has 3 heteroatoms. The molecule has 1 saturated heterocycles. The summed E-state index contributed by atoms with van der Waals surface area (Å²) in [5, 5.41) is 0. The molecular formula is C14H18N2O. The Morgan fingerprint density at radius 1 is 1.53 bits per heavy atom. The van der Waals surface area contributed by atoms with Gasteiger partial charge in [0.05, 0.1) is 0 Å². The lowest BCUT2D eigenvalue weighted by molar-refractivity contribution is -0.117. The second-order valence-electron chi connectivity index (χ2n) is 4.78. The highest BCUT2D eigenvalue weighted by Crippen LogP contribution is 2.25. The quantitative estimate of drug-likeness (QED) is 0.748. The van der Waals surface area contributed by atoms with Crippen molar-refractivity contribution in [2.75, 3.05) is 11.4 Å². The zero-order valence-corrected chi connectivity index (χ0v) is 10.4. The third-order valence-corrected chi connectivity index (χ3v) is 3.11. The van der Waals surface area contributed by atoms with Crippen LogP contribution in [0.15, 0.2) is 30.9 Å². The minimum atomic E-state index is 0.142. The molecule has 1 aromatic rings. The van der Waals surface area contributed by atoms with E-state index in [1.54, 1.807) is 4.90 Å². The lowest BCUT2D eigenvalue weighted by Gasteiger charge is -2.16. The molecule has 2 heterocycles. The first-order chi connectivity index (χ1) is 8.11. The number of pyridine rings is 1. The van der Waals surface area contributed by atoms with Crippen LogP contribution in [0.1, 0.15) is 31.9 Å². The van der Waals surface area contributed by atoms with Crippen molar-refractivity contribution >= 4 is 11.7 Å². The molecule has 0 aliphatic carbocycles. The molecule has 1 fully saturated rings. The van der Waals surface area contributed by atoms with Gasteiger partial charge in [-0.25, -0.2) is 4.98 Å². The highest BCUT2D eigenvalue weighted by atomic mass is 16.2. The number of carbonyl (C=O) groups excluding carboxylic acids is 1. The fraction of sp³-hybridized carbons (Fsp3) is 0.429. The smallest absolute Gasteiger partial charge is 0.228 e. The van der Waals surface area contributed by atoms with Gasteiger partial charge in [-0.05, 0) is 18.1 Å². The minimum absolute atomic E-state index is 0.142. The fourth-order valence-corrected chi connectivity index (χ4v) is 2.03. The van der Waals surface area contributed by atoms with E-state index in [2.05, 4.69) is 25.4 Å². The van der Waals surface area contributed by atoms with Crippen LogP contribution in [-0.2, 0) is 4.79 Å². The number of carbonyl (C=O) groups is 1. The molecular weight excluding hydrogens is 212 g/mol. The van der Waals surface area contributed by atoms with E-state index in [0.717, 1.165) is 11.5 Å². The first kappa shape index (κ1) is 11.8. The highest BCUT2D eigenvalue weighted by molar-refractivity contribution is 5.95. The van der Waals surface area contributed by atoms with Gasteiger partial charge in [0.2, 0.25) is 5.91 Å². The van der Waals surface area contributed by atoms with Gasteiger partial charge in [0.25, 0.3) is 0 Å². The van der Waals surface area contributed by atoms with Crippen LogP contribution in [0, 0.1) is 5.92 Å². The molecule has 2 rings (SSSR count). The Hall–Kier alpha value is -1.64. The Balaban J connectivity index is 2.25. The maximum atomic E-state index is 11.9. The van der Waals surface area contributed by atoms with E-state index in [9.17, 15) is 4.79 Å². The van der Waals surface area contributed by atoms with Crippen LogP contribution in [0.3, 0.4) is 0 Å². The average molecular weight is 230 g/mol. The average Bonchev–Trinajstić information content (AvgIpc) is 2.71. The van der Waals surface area contributed by atoms with Crippen LogP contribution >= 0.6 is 0 Å². The van der Waals surface area contributed by atoms with Crippen LogP contribution < -0.4 is 4.90 Å². The summed E-state index contributed by atoms with van der Waals surface area (Å²) >= 11 is 0. The fourth-order valence-electron chi connectivity index (χ4n) is 2.03. The molecule has 0 aromatic carbocycles. The van der Waals surface area contributed by atoms with Crippen molar-refractivity contribution in [2.24, 2.45) is 5.92 Å². The summed E-state index contributed by atoms with van der Waals surface area (Å²) in [6, 6.07) is 5.86. The summed E-state index contributed by atoms with van der Waals surface area (Å²) in [6.45, 7) is 8.66. The van der Waals surface area contributed by atoms with E-state index in [4.69, 9.17) is 0 Å². The second-order valence-corrected chi connectivity index (χ2v) is 4.78. The highest BCUT2D eigenvalue weighted by Gasteiger charge is 2.29. The predicted molar refractivity (Wildman–Crippen MR) is 69.0 cm³/mol. The zero-order chi connectivity index (χ0) is 12.4. The van der Waals surface area contributed by atoms with Crippen molar-refractivity contribution < 1.29 is 4.79 Å². The number of rotatable bonds is 3. The van der Waals surface area contributed by atoms with Gasteiger partial charge < -0.3 is 0 Å². The molecule has 3 nitrogen and oxygen atoms in total. The molecule has 0 N–H and O–H groups in total. The number of hydrogen-bond donors (Lipinski definition) is 0. The van der Waals surface area contributed by atoms with Crippen LogP contribution in [0.2, 0.25) is 0 Å². The van der Waals surface area contributed by atoms with Crippen molar-refractivity contribution in [3.8, 4) is 0 Å². The predicted octanol–water partition coefficient (Wildman–Crippen LogP) is 2.74. The summed E-state index contributed by atoms with van der Waals surface area (Å²) < 4.78 is 0. The second kappa shape index (κ2) is 4.70. The normalized spacial score (nSPS) is 20.1. The molecule has 1 amide bonds. The van der Waals surface area contributed by atoms with Gasteiger partial charge in [0.1, 0.15) is 5.82 Å². The summed E-state index contributed by atoms with van der Waals surface area (Å²) in [7, 11) is 0. The van der Waals surface area contributed by atoms with E-state index in [1.165, 1.54) is 0 Å². The number of amides is 1. The number of nitrogens with zero attached hydrogens (tertiary/aromatic N) is 2. The van der Waals surface area contributed by atoms with Gasteiger partial charge in [0.15, 0.2) is 0 Å². The topological polar surface area (TPSA) is 33.2 Å². The van der Waals surface area contributed by atoms with Crippen molar-refractivity contribution in [1.82, 2.24) is 4.98 Å². The van der Waals surface area contributed by atoms with Gasteiger partial charge in [-0.15, -0.1) is 6.58 Å². The van der Waals surface area contributed by atoms with E-state index in [0.29, 0.717) is 18.9 Å². The maximum absolute atomic E-state index is 11.9. The molecule has 0 saturated carbocycles. The van der Waals surface area contributed by atoms with E-state index >= 15 is 0 Å². The molecule has 1 aliphatic heterocycles. The lowest BCUT2D eigenvalue weighted by atomic mass is 10.1. The van der Waals surface area contributed by atoms with Crippen molar-refractivity contribution in [1.29, 1.82) is 0 Å². The van der Waals surface area contributed by atoms with E-state index in [-0.39, 0.29) is 11.8 Å². The lowest BCUT2D eigenvalue weighted by Crippen LogP contribution is -2.25. The minimum Gasteiger partial charge on any atom is -0.296 e. The monoisotopic (exact) mass is 230 g/mol. The summed E-state index contributed by atoms with van der Waals surface area (Å²) in [5.41, 5.74) is 1.03. The first-order valence-corrected chi connectivity index (χ1v) is 6.01. The van der Waals surface area contributed by atoms with Crippen molar-refractivity contribution in [3.63, 3.8) is 0 Å². The molecule has 17 heavy (non-hydrogen) atoms. The Bertz CT molecular complexity index is 440. The van der Waals surface area contributed by atoms with Gasteiger partial charge in [-0.3, -0.25) is 9.69 Å². The number of anilines is 1. The molecule has 1 atom stereocenters. The Labute approximate surface area is 102 Å². The van der Waals surface area contributed by atoms with Crippen LogP contribution in [-0.4, -0.2) is 17.4 Å². The first-order valence-electron chi connectivity index (χ1n) is 6.01. The van der Waals surface area contributed by atoms with Gasteiger partial charge in [-0.1, -0.05) is 26.0 Å². The number of hydrogen-bond acceptors (Lipinski definition) is 2.